The van der Waals surface area contributed by atoms with Crippen molar-refractivity contribution < 1.29 is 9.47 Å². The summed E-state index contributed by atoms with van der Waals surface area (Å²) in [5.41, 5.74) is 0. The molecule has 0 aromatic heterocycles. The number of rotatable bonds is 36. The molecule has 1 unspecified atom stereocenters. The average Bonchev–Trinajstić information content (AvgIpc) is 3.50. The number of hydrogen-bond donors (Lipinski definition) is 0. The van der Waals surface area contributed by atoms with E-state index in [4.69, 9.17) is 9.47 Å². The normalized spacial score (nSPS) is 16.6. The lowest BCUT2D eigenvalue weighted by Gasteiger charge is -2.28. The van der Waals surface area contributed by atoms with Gasteiger partial charge in [0, 0.05) is 12.8 Å². The summed E-state index contributed by atoms with van der Waals surface area (Å²) in [6, 6.07) is 0. The van der Waals surface area contributed by atoms with Gasteiger partial charge in [-0.1, -0.05) is 152 Å². The molecule has 3 nitrogen and oxygen atoms in total. The quantitative estimate of drug-likeness (QED) is 0.0485. The lowest BCUT2D eigenvalue weighted by atomic mass is 9.98. The lowest BCUT2D eigenvalue weighted by Crippen LogP contribution is -2.31. The van der Waals surface area contributed by atoms with Gasteiger partial charge in [0.05, 0.1) is 12.7 Å². The lowest BCUT2D eigenvalue weighted by molar-refractivity contribution is -0.180. The predicted octanol–water partition coefficient (Wildman–Crippen LogP) is 14.6. The van der Waals surface area contributed by atoms with E-state index < -0.39 is 0 Å². The maximum Gasteiger partial charge on any atom is 0.168 e. The van der Waals surface area contributed by atoms with Crippen LogP contribution in [0.5, 0.6) is 0 Å². The molecular formula is C46H85NO2. The molecule has 49 heavy (non-hydrogen) atoms. The third kappa shape index (κ3) is 30.2. The van der Waals surface area contributed by atoms with Crippen LogP contribution in [0.2, 0.25) is 0 Å². The average molecular weight is 684 g/mol. The molecule has 0 bridgehead atoms. The van der Waals surface area contributed by atoms with Crippen LogP contribution >= 0.6 is 0 Å². The first-order valence-corrected chi connectivity index (χ1v) is 21.7. The van der Waals surface area contributed by atoms with Crippen molar-refractivity contribution >= 4 is 0 Å². The van der Waals surface area contributed by atoms with Crippen LogP contribution in [-0.4, -0.2) is 44.0 Å². The first-order valence-electron chi connectivity index (χ1n) is 21.7. The van der Waals surface area contributed by atoms with Crippen molar-refractivity contribution in [3.63, 3.8) is 0 Å². The molecule has 0 amide bonds. The molecule has 1 heterocycles. The van der Waals surface area contributed by atoms with Gasteiger partial charge in [0.1, 0.15) is 0 Å². The summed E-state index contributed by atoms with van der Waals surface area (Å²) in [5.74, 6) is -0.307. The highest BCUT2D eigenvalue weighted by molar-refractivity contribution is 4.93. The molecule has 0 aromatic rings. The van der Waals surface area contributed by atoms with Crippen LogP contribution in [0.15, 0.2) is 48.6 Å². The van der Waals surface area contributed by atoms with Gasteiger partial charge in [-0.2, -0.15) is 0 Å². The van der Waals surface area contributed by atoms with E-state index in [0.29, 0.717) is 6.10 Å². The Bertz CT molecular complexity index is 749. The number of unbranched alkanes of at least 4 members (excludes halogenated alkanes) is 20. The zero-order chi connectivity index (χ0) is 35.4. The molecule has 286 valence electrons. The summed E-state index contributed by atoms with van der Waals surface area (Å²) in [6.45, 7) is 6.53. The number of ether oxygens (including phenoxy) is 2. The Labute approximate surface area is 307 Å². The first kappa shape index (κ1) is 45.9. The Kier molecular flexibility index (Phi) is 33.0. The van der Waals surface area contributed by atoms with Gasteiger partial charge < -0.3 is 14.4 Å². The predicted molar refractivity (Wildman–Crippen MR) is 219 cm³/mol. The number of allylic oxidation sites excluding steroid dienone is 8. The smallest absolute Gasteiger partial charge is 0.168 e. The molecule has 1 fully saturated rings. The van der Waals surface area contributed by atoms with Crippen molar-refractivity contribution in [1.29, 1.82) is 0 Å². The van der Waals surface area contributed by atoms with Gasteiger partial charge in [0.25, 0.3) is 0 Å². The second-order valence-electron chi connectivity index (χ2n) is 15.3. The van der Waals surface area contributed by atoms with Crippen LogP contribution < -0.4 is 0 Å². The highest BCUT2D eigenvalue weighted by Gasteiger charge is 2.40. The zero-order valence-electron chi connectivity index (χ0n) is 33.6. The van der Waals surface area contributed by atoms with Crippen LogP contribution in [0.1, 0.15) is 206 Å². The third-order valence-electron chi connectivity index (χ3n) is 10.1. The fourth-order valence-electron chi connectivity index (χ4n) is 6.89. The molecule has 0 aromatic carbocycles. The van der Waals surface area contributed by atoms with Gasteiger partial charge in [0.2, 0.25) is 0 Å². The monoisotopic (exact) mass is 684 g/mol. The molecule has 3 heteroatoms. The van der Waals surface area contributed by atoms with Crippen molar-refractivity contribution in [2.75, 3.05) is 27.2 Å². The molecule has 1 rings (SSSR count). The van der Waals surface area contributed by atoms with Crippen molar-refractivity contribution in [1.82, 2.24) is 4.90 Å². The fourth-order valence-corrected chi connectivity index (χ4v) is 6.89. The van der Waals surface area contributed by atoms with Gasteiger partial charge in [-0.15, -0.1) is 0 Å². The Morgan fingerprint density at radius 1 is 0.490 bits per heavy atom. The minimum absolute atomic E-state index is 0.300. The highest BCUT2D eigenvalue weighted by atomic mass is 16.7. The van der Waals surface area contributed by atoms with E-state index in [9.17, 15) is 0 Å². The van der Waals surface area contributed by atoms with Gasteiger partial charge in [-0.25, -0.2) is 0 Å². The van der Waals surface area contributed by atoms with E-state index >= 15 is 0 Å². The highest BCUT2D eigenvalue weighted by Crippen LogP contribution is 2.36. The third-order valence-corrected chi connectivity index (χ3v) is 10.1. The standard InChI is InChI=1S/C46H85NO2/c1-5-7-9-11-13-15-17-19-21-23-25-27-29-31-33-37-41-46(48-44-45(49-46)40-36-35-39-43-47(3)4)42-38-34-32-30-28-26-24-22-20-18-16-14-12-10-8-6-2/h13-16,19-22,45H,5-12,17-18,23-44H2,1-4H3/b15-13-,16-14-,21-19-,22-20-. The molecule has 0 aliphatic carbocycles. The number of nitrogens with zero attached hydrogens (tertiary/aromatic N) is 1. The van der Waals surface area contributed by atoms with Crippen LogP contribution in [-0.2, 0) is 9.47 Å². The largest absolute Gasteiger partial charge is 0.347 e. The van der Waals surface area contributed by atoms with E-state index in [0.717, 1.165) is 38.7 Å². The van der Waals surface area contributed by atoms with E-state index in [1.54, 1.807) is 0 Å². The van der Waals surface area contributed by atoms with Gasteiger partial charge in [-0.05, 0) is 111 Å². The van der Waals surface area contributed by atoms with Crippen molar-refractivity contribution in [3.8, 4) is 0 Å². The summed E-state index contributed by atoms with van der Waals surface area (Å²) < 4.78 is 13.3. The Morgan fingerprint density at radius 2 is 0.898 bits per heavy atom. The summed E-state index contributed by atoms with van der Waals surface area (Å²) >= 11 is 0. The molecule has 0 saturated carbocycles. The van der Waals surface area contributed by atoms with Crippen LogP contribution in [0, 0.1) is 0 Å². The number of hydrogen-bond acceptors (Lipinski definition) is 3. The van der Waals surface area contributed by atoms with Crippen LogP contribution in [0.25, 0.3) is 0 Å². The molecule has 1 saturated heterocycles. The Hall–Kier alpha value is -1.16. The van der Waals surface area contributed by atoms with E-state index in [1.807, 2.05) is 0 Å². The van der Waals surface area contributed by atoms with Gasteiger partial charge in [0.15, 0.2) is 5.79 Å². The van der Waals surface area contributed by atoms with Crippen molar-refractivity contribution in [3.05, 3.63) is 48.6 Å². The Morgan fingerprint density at radius 3 is 1.35 bits per heavy atom. The molecule has 0 spiro atoms. The second-order valence-corrected chi connectivity index (χ2v) is 15.3. The SMILES string of the molecule is CCCCC/C=C\C/C=C\CCCCCCCCC1(CCCCCCCC/C=C\C/C=C\CCCCC)OCC(CCCCCN(C)C)O1. The zero-order valence-corrected chi connectivity index (χ0v) is 33.6. The minimum atomic E-state index is -0.307. The molecule has 0 radical (unpaired) electrons. The summed E-state index contributed by atoms with van der Waals surface area (Å²) in [6.07, 6.45) is 57.4. The maximum absolute atomic E-state index is 6.77. The molecule has 0 N–H and O–H groups in total. The molecule has 1 aliphatic rings. The summed E-state index contributed by atoms with van der Waals surface area (Å²) in [7, 11) is 4.34. The topological polar surface area (TPSA) is 21.7 Å². The summed E-state index contributed by atoms with van der Waals surface area (Å²) in [4.78, 5) is 2.29. The van der Waals surface area contributed by atoms with Crippen LogP contribution in [0.4, 0.5) is 0 Å². The van der Waals surface area contributed by atoms with Gasteiger partial charge >= 0.3 is 0 Å². The molecular weight excluding hydrogens is 599 g/mol. The second kappa shape index (κ2) is 35.3. The van der Waals surface area contributed by atoms with Crippen LogP contribution in [0.3, 0.4) is 0 Å². The van der Waals surface area contributed by atoms with Crippen molar-refractivity contribution in [2.45, 2.75) is 218 Å². The van der Waals surface area contributed by atoms with Crippen molar-refractivity contribution in [2.24, 2.45) is 0 Å². The molecule has 1 atom stereocenters. The van der Waals surface area contributed by atoms with E-state index in [1.165, 1.54) is 167 Å². The molecule has 1 aliphatic heterocycles. The maximum atomic E-state index is 6.77. The van der Waals surface area contributed by atoms with E-state index in [2.05, 4.69) is 81.5 Å². The van der Waals surface area contributed by atoms with Gasteiger partial charge in [-0.3, -0.25) is 0 Å². The fraction of sp³-hybridized carbons (Fsp3) is 0.826. The van der Waals surface area contributed by atoms with E-state index in [-0.39, 0.29) is 5.79 Å². The Balaban J connectivity index is 2.23. The first-order chi connectivity index (χ1) is 24.1. The summed E-state index contributed by atoms with van der Waals surface area (Å²) in [5, 5.41) is 0. The minimum Gasteiger partial charge on any atom is -0.347 e.